The third-order valence-corrected chi connectivity index (χ3v) is 6.81. The summed E-state index contributed by atoms with van der Waals surface area (Å²) in [4.78, 5) is 29.2. The van der Waals surface area contributed by atoms with E-state index in [0.717, 1.165) is 35.2 Å². The number of hydrogen-bond donors (Lipinski definition) is 0. The summed E-state index contributed by atoms with van der Waals surface area (Å²) < 4.78 is 6.14. The van der Waals surface area contributed by atoms with Crippen LogP contribution < -0.4 is 10.3 Å². The Morgan fingerprint density at radius 3 is 2.00 bits per heavy atom. The van der Waals surface area contributed by atoms with E-state index in [4.69, 9.17) is 4.42 Å². The first-order chi connectivity index (χ1) is 15.9. The number of carbonyl (C=O) groups is 1. The second kappa shape index (κ2) is 8.04. The predicted octanol–water partition coefficient (Wildman–Crippen LogP) is 6.28. The Kier molecular flexibility index (Phi) is 5.16. The molecule has 0 N–H and O–H groups in total. The number of nitrogens with zero attached hydrogens (tertiary/aromatic N) is 1. The molecule has 1 aliphatic rings. The Balaban J connectivity index is 1.77. The molecule has 4 nitrogen and oxygen atoms in total. The van der Waals surface area contributed by atoms with Gasteiger partial charge in [-0.05, 0) is 78.8 Å². The lowest BCUT2D eigenvalue weighted by Crippen LogP contribution is -2.29. The van der Waals surface area contributed by atoms with Crippen LogP contribution in [-0.2, 0) is 12.8 Å². The molecular weight excluding hydrogens is 410 g/mol. The van der Waals surface area contributed by atoms with Crippen LogP contribution in [0.2, 0.25) is 0 Å². The number of carbonyl (C=O) groups excluding carboxylic acids is 1. The zero-order valence-electron chi connectivity index (χ0n) is 19.4. The molecule has 0 bridgehead atoms. The molecule has 33 heavy (non-hydrogen) atoms. The van der Waals surface area contributed by atoms with E-state index in [-0.39, 0.29) is 17.1 Å². The lowest BCUT2D eigenvalue weighted by Gasteiger charge is -2.25. The molecule has 1 aromatic heterocycles. The fraction of sp³-hybridized carbons (Fsp3) is 0.241. The van der Waals surface area contributed by atoms with Crippen LogP contribution in [-0.4, -0.2) is 5.91 Å². The van der Waals surface area contributed by atoms with Gasteiger partial charge >= 0.3 is 0 Å². The van der Waals surface area contributed by atoms with Gasteiger partial charge in [-0.2, -0.15) is 0 Å². The number of aryl methyl sites for hydroxylation is 4. The van der Waals surface area contributed by atoms with Crippen molar-refractivity contribution in [2.45, 2.75) is 46.6 Å². The largest absolute Gasteiger partial charge is 0.450 e. The highest BCUT2D eigenvalue weighted by atomic mass is 16.3. The Labute approximate surface area is 193 Å². The van der Waals surface area contributed by atoms with Crippen molar-refractivity contribution in [3.63, 3.8) is 0 Å². The molecule has 1 aliphatic heterocycles. The zero-order valence-corrected chi connectivity index (χ0v) is 19.4. The highest BCUT2D eigenvalue weighted by Gasteiger charge is 2.43. The molecule has 1 amide bonds. The molecule has 0 fully saturated rings. The molecule has 0 saturated heterocycles. The highest BCUT2D eigenvalue weighted by molar-refractivity contribution is 6.10. The van der Waals surface area contributed by atoms with Crippen LogP contribution in [0.25, 0.3) is 11.0 Å². The summed E-state index contributed by atoms with van der Waals surface area (Å²) in [5.41, 5.74) is 6.83. The van der Waals surface area contributed by atoms with Gasteiger partial charge in [-0.25, -0.2) is 0 Å². The number of anilines is 1. The third-order valence-electron chi connectivity index (χ3n) is 6.81. The Morgan fingerprint density at radius 1 is 0.818 bits per heavy atom. The van der Waals surface area contributed by atoms with E-state index >= 15 is 0 Å². The molecule has 0 aliphatic carbocycles. The summed E-state index contributed by atoms with van der Waals surface area (Å²) in [5, 5.41) is 0.517. The van der Waals surface area contributed by atoms with Crippen LogP contribution in [0.5, 0.6) is 0 Å². The van der Waals surface area contributed by atoms with Crippen molar-refractivity contribution in [1.29, 1.82) is 0 Å². The average Bonchev–Trinajstić information content (AvgIpc) is 3.13. The zero-order chi connectivity index (χ0) is 23.3. The minimum atomic E-state index is -0.534. The Hall–Kier alpha value is -3.66. The molecule has 0 saturated carbocycles. The molecule has 2 heterocycles. The summed E-state index contributed by atoms with van der Waals surface area (Å²) in [6, 6.07) is 19.3. The van der Waals surface area contributed by atoms with Crippen LogP contribution in [0.15, 0.2) is 69.9 Å². The van der Waals surface area contributed by atoms with Crippen LogP contribution >= 0.6 is 0 Å². The molecule has 0 spiro atoms. The molecule has 4 aromatic rings. The Morgan fingerprint density at radius 2 is 1.39 bits per heavy atom. The van der Waals surface area contributed by atoms with E-state index in [2.05, 4.69) is 26.0 Å². The van der Waals surface area contributed by atoms with Crippen LogP contribution in [0.1, 0.15) is 63.8 Å². The lowest BCUT2D eigenvalue weighted by molar-refractivity contribution is 0.0971. The van der Waals surface area contributed by atoms with Gasteiger partial charge in [-0.15, -0.1) is 0 Å². The van der Waals surface area contributed by atoms with Crippen molar-refractivity contribution >= 4 is 22.6 Å². The van der Waals surface area contributed by atoms with Gasteiger partial charge in [0.05, 0.1) is 17.0 Å². The van der Waals surface area contributed by atoms with Gasteiger partial charge in [0.2, 0.25) is 5.76 Å². The first-order valence-electron chi connectivity index (χ1n) is 11.5. The maximum Gasteiger partial charge on any atom is 0.295 e. The van der Waals surface area contributed by atoms with E-state index in [1.807, 2.05) is 62.4 Å². The summed E-state index contributed by atoms with van der Waals surface area (Å²) in [6.45, 7) is 8.16. The minimum absolute atomic E-state index is 0.139. The lowest BCUT2D eigenvalue weighted by atomic mass is 9.96. The first kappa shape index (κ1) is 21.2. The molecule has 4 heteroatoms. The molecule has 166 valence electrons. The van der Waals surface area contributed by atoms with Crippen LogP contribution in [0.4, 0.5) is 5.69 Å². The first-order valence-corrected chi connectivity index (χ1v) is 11.5. The predicted molar refractivity (Wildman–Crippen MR) is 132 cm³/mol. The maximum atomic E-state index is 13.8. The van der Waals surface area contributed by atoms with E-state index in [9.17, 15) is 9.59 Å². The second-order valence-electron chi connectivity index (χ2n) is 8.80. The molecule has 1 unspecified atom stereocenters. The quantitative estimate of drug-likeness (QED) is 0.377. The van der Waals surface area contributed by atoms with Crippen LogP contribution in [0.3, 0.4) is 0 Å². The van der Waals surface area contributed by atoms with Crippen molar-refractivity contribution in [1.82, 2.24) is 0 Å². The van der Waals surface area contributed by atoms with Crippen molar-refractivity contribution in [3.8, 4) is 0 Å². The number of hydrogen-bond acceptors (Lipinski definition) is 3. The monoisotopic (exact) mass is 437 g/mol. The second-order valence-corrected chi connectivity index (χ2v) is 8.80. The minimum Gasteiger partial charge on any atom is -0.450 e. The molecule has 3 aromatic carbocycles. The van der Waals surface area contributed by atoms with E-state index in [0.29, 0.717) is 16.5 Å². The summed E-state index contributed by atoms with van der Waals surface area (Å²) >= 11 is 0. The van der Waals surface area contributed by atoms with E-state index in [1.54, 1.807) is 4.90 Å². The highest BCUT2D eigenvalue weighted by Crippen LogP contribution is 2.41. The summed E-state index contributed by atoms with van der Waals surface area (Å²) in [5.74, 6) is -0.143. The Bertz CT molecular complexity index is 1430. The number of benzene rings is 3. The molecule has 5 rings (SSSR count). The third kappa shape index (κ3) is 3.37. The van der Waals surface area contributed by atoms with Crippen molar-refractivity contribution in [3.05, 3.63) is 110 Å². The fourth-order valence-corrected chi connectivity index (χ4v) is 4.64. The van der Waals surface area contributed by atoms with Gasteiger partial charge in [0.15, 0.2) is 5.43 Å². The normalized spacial score (nSPS) is 15.3. The summed E-state index contributed by atoms with van der Waals surface area (Å²) in [7, 11) is 0. The van der Waals surface area contributed by atoms with Crippen LogP contribution in [0, 0.1) is 13.8 Å². The molecule has 0 radical (unpaired) electrons. The smallest absolute Gasteiger partial charge is 0.295 e. The van der Waals surface area contributed by atoms with Gasteiger partial charge in [0.25, 0.3) is 5.91 Å². The van der Waals surface area contributed by atoms with Gasteiger partial charge in [-0.3, -0.25) is 14.5 Å². The van der Waals surface area contributed by atoms with Gasteiger partial charge < -0.3 is 4.42 Å². The standard InChI is InChI=1S/C29H27NO3/c1-5-19-7-11-21(12-8-19)26-25-27(31)23-15-17(3)18(4)16-24(23)33-28(25)29(32)30(26)22-13-9-20(6-2)10-14-22/h7-16,26H,5-6H2,1-4H3. The number of fused-ring (bicyclic) bond motifs is 2. The topological polar surface area (TPSA) is 50.5 Å². The fourth-order valence-electron chi connectivity index (χ4n) is 4.64. The SMILES string of the molecule is CCc1ccc(C2c3c(oc4cc(C)c(C)cc4c3=O)C(=O)N2c2ccc(CC)cc2)cc1. The van der Waals surface area contributed by atoms with Crippen molar-refractivity contribution in [2.24, 2.45) is 0 Å². The van der Waals surface area contributed by atoms with Crippen molar-refractivity contribution in [2.75, 3.05) is 4.90 Å². The van der Waals surface area contributed by atoms with Gasteiger partial charge in [0.1, 0.15) is 5.58 Å². The van der Waals surface area contributed by atoms with E-state index in [1.165, 1.54) is 11.1 Å². The van der Waals surface area contributed by atoms with Crippen molar-refractivity contribution < 1.29 is 9.21 Å². The maximum absolute atomic E-state index is 13.8. The molecule has 1 atom stereocenters. The van der Waals surface area contributed by atoms with Gasteiger partial charge in [0, 0.05) is 5.69 Å². The average molecular weight is 438 g/mol. The molecular formula is C29H27NO3. The summed E-state index contributed by atoms with van der Waals surface area (Å²) in [6.07, 6.45) is 1.84. The van der Waals surface area contributed by atoms with Gasteiger partial charge in [-0.1, -0.05) is 50.2 Å². The number of rotatable bonds is 4. The number of amides is 1. The van der Waals surface area contributed by atoms with E-state index < -0.39 is 6.04 Å².